The maximum atomic E-state index is 12.3. The van der Waals surface area contributed by atoms with Crippen LogP contribution in [0.5, 0.6) is 0 Å². The van der Waals surface area contributed by atoms with Gasteiger partial charge in [-0.05, 0) is 49.9 Å². The summed E-state index contributed by atoms with van der Waals surface area (Å²) >= 11 is 1.67. The Kier molecular flexibility index (Phi) is 5.73. The number of anilines is 1. The molecule has 0 radical (unpaired) electrons. The molecular formula is C19H25N3O2S. The Labute approximate surface area is 152 Å². The van der Waals surface area contributed by atoms with Gasteiger partial charge in [-0.3, -0.25) is 4.79 Å². The lowest BCUT2D eigenvalue weighted by Gasteiger charge is -2.34. The molecule has 0 saturated heterocycles. The highest BCUT2D eigenvalue weighted by Gasteiger charge is 2.32. The zero-order chi connectivity index (χ0) is 17.8. The van der Waals surface area contributed by atoms with Gasteiger partial charge in [0.2, 0.25) is 5.91 Å². The van der Waals surface area contributed by atoms with E-state index in [0.717, 1.165) is 12.1 Å². The van der Waals surface area contributed by atoms with Crippen LogP contribution in [-0.2, 0) is 17.8 Å². The van der Waals surface area contributed by atoms with Crippen LogP contribution >= 0.6 is 11.3 Å². The first-order valence-corrected chi connectivity index (χ1v) is 9.50. The van der Waals surface area contributed by atoms with E-state index in [4.69, 9.17) is 0 Å². The number of benzene rings is 1. The monoisotopic (exact) mass is 359 g/mol. The summed E-state index contributed by atoms with van der Waals surface area (Å²) in [6.07, 6.45) is 0.771. The topological polar surface area (TPSA) is 64.6 Å². The first-order valence-electron chi connectivity index (χ1n) is 8.62. The van der Waals surface area contributed by atoms with Gasteiger partial charge in [0, 0.05) is 10.6 Å². The molecule has 25 heavy (non-hydrogen) atoms. The highest BCUT2D eigenvalue weighted by molar-refractivity contribution is 7.09. The number of hydrogen-bond donors (Lipinski definition) is 3. The third-order valence-electron chi connectivity index (χ3n) is 4.77. The summed E-state index contributed by atoms with van der Waals surface area (Å²) in [4.78, 5) is 15.5. The third kappa shape index (κ3) is 4.03. The van der Waals surface area contributed by atoms with Crippen LogP contribution in [0.4, 0.5) is 5.69 Å². The van der Waals surface area contributed by atoms with Gasteiger partial charge in [0.15, 0.2) is 0 Å². The van der Waals surface area contributed by atoms with E-state index in [1.165, 1.54) is 10.4 Å². The number of carbonyl (C=O) groups is 1. The van der Waals surface area contributed by atoms with E-state index >= 15 is 0 Å². The second-order valence-electron chi connectivity index (χ2n) is 6.41. The fraction of sp³-hybridized carbons (Fsp3) is 0.421. The van der Waals surface area contributed by atoms with E-state index in [9.17, 15) is 9.90 Å². The van der Waals surface area contributed by atoms with E-state index in [1.54, 1.807) is 18.4 Å². The van der Waals surface area contributed by atoms with Gasteiger partial charge < -0.3 is 20.6 Å². The van der Waals surface area contributed by atoms with E-state index in [0.29, 0.717) is 13.0 Å². The van der Waals surface area contributed by atoms with Crippen LogP contribution in [0.3, 0.4) is 0 Å². The van der Waals surface area contributed by atoms with E-state index in [-0.39, 0.29) is 18.0 Å². The Morgan fingerprint density at radius 3 is 2.88 bits per heavy atom. The number of rotatable bonds is 5. The number of carbonyl (C=O) groups excluding carboxylic acids is 1. The Morgan fingerprint density at radius 1 is 1.36 bits per heavy atom. The van der Waals surface area contributed by atoms with Crippen LogP contribution in [0.15, 0.2) is 41.8 Å². The molecule has 134 valence electrons. The largest absolute Gasteiger partial charge is 0.371 e. The molecule has 3 rings (SSSR count). The number of aliphatic hydroxyl groups excluding tert-OH is 1. The van der Waals surface area contributed by atoms with E-state index < -0.39 is 6.23 Å². The Morgan fingerprint density at radius 2 is 2.16 bits per heavy atom. The van der Waals surface area contributed by atoms with Crippen LogP contribution < -0.4 is 15.5 Å². The normalized spacial score (nSPS) is 21.3. The van der Waals surface area contributed by atoms with Gasteiger partial charge in [-0.2, -0.15) is 0 Å². The number of nitrogens with one attached hydrogen (secondary N) is 2. The van der Waals surface area contributed by atoms with Crippen molar-refractivity contribution in [2.24, 2.45) is 0 Å². The fourth-order valence-corrected chi connectivity index (χ4v) is 3.86. The van der Waals surface area contributed by atoms with Gasteiger partial charge >= 0.3 is 0 Å². The summed E-state index contributed by atoms with van der Waals surface area (Å²) in [5.41, 5.74) is 2.25. The molecule has 0 bridgehead atoms. The minimum absolute atomic E-state index is 0.0893. The van der Waals surface area contributed by atoms with Crippen molar-refractivity contribution in [2.45, 2.75) is 44.6 Å². The lowest BCUT2D eigenvalue weighted by Crippen LogP contribution is -2.54. The van der Waals surface area contributed by atoms with Crippen molar-refractivity contribution in [3.63, 3.8) is 0 Å². The fourth-order valence-electron chi connectivity index (χ4n) is 3.16. The van der Waals surface area contributed by atoms with Crippen molar-refractivity contribution in [3.8, 4) is 0 Å². The number of aliphatic hydroxyl groups is 1. The van der Waals surface area contributed by atoms with Crippen molar-refractivity contribution >= 4 is 22.9 Å². The summed E-state index contributed by atoms with van der Waals surface area (Å²) in [6, 6.07) is 11.7. The number of fused-ring (bicyclic) bond motifs is 1. The first kappa shape index (κ1) is 17.9. The molecule has 1 aliphatic rings. The summed E-state index contributed by atoms with van der Waals surface area (Å²) in [6.45, 7) is 2.44. The van der Waals surface area contributed by atoms with Crippen molar-refractivity contribution in [3.05, 3.63) is 52.2 Å². The molecule has 0 saturated carbocycles. The van der Waals surface area contributed by atoms with Crippen LogP contribution in [-0.4, -0.2) is 36.4 Å². The predicted octanol–water partition coefficient (Wildman–Crippen LogP) is 2.11. The molecule has 1 aliphatic heterocycles. The van der Waals surface area contributed by atoms with Gasteiger partial charge in [-0.1, -0.05) is 24.3 Å². The molecule has 5 nitrogen and oxygen atoms in total. The molecule has 0 fully saturated rings. The number of aryl methyl sites for hydroxylation is 1. The summed E-state index contributed by atoms with van der Waals surface area (Å²) in [5, 5.41) is 19.1. The molecule has 0 spiro atoms. The average molecular weight is 359 g/mol. The molecule has 2 heterocycles. The smallest absolute Gasteiger partial charge is 0.237 e. The van der Waals surface area contributed by atoms with Crippen molar-refractivity contribution in [2.75, 3.05) is 11.9 Å². The predicted molar refractivity (Wildman–Crippen MR) is 102 cm³/mol. The lowest BCUT2D eigenvalue weighted by atomic mass is 10.1. The second kappa shape index (κ2) is 7.99. The van der Waals surface area contributed by atoms with Gasteiger partial charge in [-0.15, -0.1) is 11.3 Å². The van der Waals surface area contributed by atoms with Crippen LogP contribution in [0.1, 0.15) is 23.8 Å². The van der Waals surface area contributed by atoms with Crippen molar-refractivity contribution < 1.29 is 9.90 Å². The highest BCUT2D eigenvalue weighted by Crippen LogP contribution is 2.31. The van der Waals surface area contributed by atoms with Gasteiger partial charge in [-0.25, -0.2) is 0 Å². The Hall–Kier alpha value is -1.89. The van der Waals surface area contributed by atoms with E-state index in [1.807, 2.05) is 41.5 Å². The Bertz CT molecular complexity index is 704. The summed E-state index contributed by atoms with van der Waals surface area (Å²) < 4.78 is 0. The molecule has 0 aliphatic carbocycles. The maximum absolute atomic E-state index is 12.3. The first-order chi connectivity index (χ1) is 12.1. The Balaban J connectivity index is 1.86. The van der Waals surface area contributed by atoms with E-state index in [2.05, 4.69) is 22.8 Å². The number of thiophene rings is 1. The zero-order valence-electron chi connectivity index (χ0n) is 14.6. The molecule has 1 aromatic heterocycles. The van der Waals surface area contributed by atoms with Gasteiger partial charge in [0.25, 0.3) is 0 Å². The zero-order valence-corrected chi connectivity index (χ0v) is 15.4. The molecule has 1 aromatic carbocycles. The second-order valence-corrected chi connectivity index (χ2v) is 7.45. The molecule has 3 N–H and O–H groups in total. The molecule has 6 heteroatoms. The quantitative estimate of drug-likeness (QED) is 0.765. The summed E-state index contributed by atoms with van der Waals surface area (Å²) in [7, 11) is 1.76. The standard InChI is InChI=1S/C19H25N3O2S/c1-13(20-2)18(23)21-16-10-9-14-6-3-4-8-17(14)22(19(16)24)12-15-7-5-11-25-15/h3-8,11,13,16,19-20,24H,9-10,12H2,1-2H3,(H,21,23). The van der Waals surface area contributed by atoms with Crippen molar-refractivity contribution in [1.29, 1.82) is 0 Å². The number of para-hydroxylation sites is 1. The minimum atomic E-state index is -0.765. The number of hydrogen-bond acceptors (Lipinski definition) is 5. The summed E-state index contributed by atoms with van der Waals surface area (Å²) in [5.74, 6) is -0.0893. The SMILES string of the molecule is CNC(C)C(=O)NC1CCc2ccccc2N(Cc2cccs2)C1O. The molecule has 2 aromatic rings. The minimum Gasteiger partial charge on any atom is -0.371 e. The number of likely N-dealkylation sites (N-methyl/N-ethyl adjacent to an activating group) is 1. The molecule has 1 amide bonds. The molecule has 3 unspecified atom stereocenters. The van der Waals surface area contributed by atoms with Crippen LogP contribution in [0.25, 0.3) is 0 Å². The number of amides is 1. The van der Waals surface area contributed by atoms with Gasteiger partial charge in [0.1, 0.15) is 6.23 Å². The molecule has 3 atom stereocenters. The van der Waals surface area contributed by atoms with Gasteiger partial charge in [0.05, 0.1) is 18.6 Å². The number of nitrogens with zero attached hydrogens (tertiary/aromatic N) is 1. The maximum Gasteiger partial charge on any atom is 0.237 e. The molecular weight excluding hydrogens is 334 g/mol. The van der Waals surface area contributed by atoms with Crippen LogP contribution in [0, 0.1) is 0 Å². The van der Waals surface area contributed by atoms with Crippen molar-refractivity contribution in [1.82, 2.24) is 10.6 Å². The lowest BCUT2D eigenvalue weighted by molar-refractivity contribution is -0.124. The highest BCUT2D eigenvalue weighted by atomic mass is 32.1. The average Bonchev–Trinajstić information content (AvgIpc) is 3.11. The van der Waals surface area contributed by atoms with Crippen LogP contribution in [0.2, 0.25) is 0 Å². The third-order valence-corrected chi connectivity index (χ3v) is 5.63.